The van der Waals surface area contributed by atoms with Crippen molar-refractivity contribution in [3.05, 3.63) is 92.1 Å². The van der Waals surface area contributed by atoms with Gasteiger partial charge in [0.1, 0.15) is 13.2 Å². The van der Waals surface area contributed by atoms with Gasteiger partial charge in [0.2, 0.25) is 0 Å². The predicted octanol–water partition coefficient (Wildman–Crippen LogP) is 5.21. The van der Waals surface area contributed by atoms with Gasteiger partial charge in [-0.1, -0.05) is 45.7 Å². The Hall–Kier alpha value is -4.46. The summed E-state index contributed by atoms with van der Waals surface area (Å²) in [6.07, 6.45) is 0.287. The molecule has 2 amide bonds. The van der Waals surface area contributed by atoms with Gasteiger partial charge < -0.3 is 39.4 Å². The summed E-state index contributed by atoms with van der Waals surface area (Å²) in [5, 5.41) is 20.2. The molecule has 0 saturated heterocycles. The van der Waals surface area contributed by atoms with Gasteiger partial charge in [0.05, 0.1) is 43.7 Å². The van der Waals surface area contributed by atoms with E-state index in [1.54, 1.807) is 44.2 Å². The zero-order chi connectivity index (χ0) is 33.2. The van der Waals surface area contributed by atoms with E-state index in [0.29, 0.717) is 58.1 Å². The van der Waals surface area contributed by atoms with E-state index in [0.717, 1.165) is 10.0 Å². The lowest BCUT2D eigenvalue weighted by Crippen LogP contribution is -2.45. The molecule has 0 unspecified atom stereocenters. The van der Waals surface area contributed by atoms with Gasteiger partial charge in [-0.15, -0.1) is 0 Å². The van der Waals surface area contributed by atoms with Crippen LogP contribution in [-0.4, -0.2) is 57.0 Å². The average molecular weight is 718 g/mol. The molecule has 0 saturated carbocycles. The zero-order valence-corrected chi connectivity index (χ0v) is 27.9. The Balaban J connectivity index is 1.38. The summed E-state index contributed by atoms with van der Waals surface area (Å²) in [5.41, 5.74) is 5.39. The number of aliphatic hydroxyl groups is 1. The number of hydrazone groups is 1. The molecule has 0 spiro atoms. The highest BCUT2D eigenvalue weighted by molar-refractivity contribution is 9.10. The van der Waals surface area contributed by atoms with Gasteiger partial charge in [-0.3, -0.25) is 5.43 Å². The fourth-order valence-electron chi connectivity index (χ4n) is 4.51. The highest BCUT2D eigenvalue weighted by atomic mass is 79.9. The van der Waals surface area contributed by atoms with E-state index in [1.807, 2.05) is 24.3 Å². The van der Waals surface area contributed by atoms with Crippen molar-refractivity contribution >= 4 is 45.7 Å². The SMILES string of the molecule is CCOc1cc([C@H]2NC(=O)NC(C)=C2C(=O)OC)ccc1OC[C@@H](O)N/N=C\c1cc(Cl)c(OCc2ccc(Br)cc2)c(OC)c1. The molecule has 1 aliphatic rings. The lowest BCUT2D eigenvalue weighted by molar-refractivity contribution is -0.136. The van der Waals surface area contributed by atoms with E-state index in [2.05, 4.69) is 37.1 Å². The molecule has 0 radical (unpaired) electrons. The third-order valence-electron chi connectivity index (χ3n) is 6.66. The van der Waals surface area contributed by atoms with Crippen LogP contribution in [0.1, 0.15) is 36.6 Å². The van der Waals surface area contributed by atoms with E-state index >= 15 is 0 Å². The number of nitrogens with zero attached hydrogens (tertiary/aromatic N) is 1. The smallest absolute Gasteiger partial charge is 0.337 e. The monoisotopic (exact) mass is 716 g/mol. The first-order valence-corrected chi connectivity index (χ1v) is 15.3. The summed E-state index contributed by atoms with van der Waals surface area (Å²) < 4.78 is 28.8. The van der Waals surface area contributed by atoms with Crippen molar-refractivity contribution in [2.24, 2.45) is 5.10 Å². The minimum absolute atomic E-state index is 0.180. The van der Waals surface area contributed by atoms with Crippen LogP contribution in [0.4, 0.5) is 4.79 Å². The standard InChI is InChI=1S/C32H34BrClN4O8/c1-5-44-25-14-21(29-28(31(40)43-4)18(2)36-32(41)37-29)8-11-24(25)45-17-27(39)38-35-15-20-12-23(34)30(26(13-20)42-3)46-16-19-6-9-22(33)10-7-19/h6-15,27,29,38-39H,5,16-17H2,1-4H3,(H2,36,37,41)/b35-15-/t27-,29-/m1/s1. The summed E-state index contributed by atoms with van der Waals surface area (Å²) in [7, 11) is 2.78. The number of methoxy groups -OCH3 is 2. The molecule has 0 bridgehead atoms. The molecule has 4 rings (SSSR count). The number of hydrogen-bond donors (Lipinski definition) is 4. The van der Waals surface area contributed by atoms with E-state index < -0.39 is 24.3 Å². The Kier molecular flexibility index (Phi) is 12.1. The van der Waals surface area contributed by atoms with Crippen molar-refractivity contribution in [1.82, 2.24) is 16.1 Å². The molecule has 14 heteroatoms. The Morgan fingerprint density at radius 1 is 1.09 bits per heavy atom. The van der Waals surface area contributed by atoms with E-state index in [-0.39, 0.29) is 12.2 Å². The normalized spacial score (nSPS) is 15.1. The predicted molar refractivity (Wildman–Crippen MR) is 175 cm³/mol. The van der Waals surface area contributed by atoms with Gasteiger partial charge in [0.25, 0.3) is 0 Å². The first kappa shape index (κ1) is 34.4. The third-order valence-corrected chi connectivity index (χ3v) is 7.47. The molecule has 0 aliphatic carbocycles. The number of urea groups is 1. The molecule has 1 aliphatic heterocycles. The summed E-state index contributed by atoms with van der Waals surface area (Å²) in [4.78, 5) is 24.6. The van der Waals surface area contributed by atoms with Crippen LogP contribution in [0.2, 0.25) is 5.02 Å². The van der Waals surface area contributed by atoms with Gasteiger partial charge in [-0.2, -0.15) is 5.10 Å². The molecule has 0 fully saturated rings. The maximum absolute atomic E-state index is 12.5. The fraction of sp³-hybridized carbons (Fsp3) is 0.281. The Labute approximate surface area is 279 Å². The average Bonchev–Trinajstić information content (AvgIpc) is 3.03. The van der Waals surface area contributed by atoms with Gasteiger partial charge in [0, 0.05) is 10.2 Å². The molecule has 46 heavy (non-hydrogen) atoms. The lowest BCUT2D eigenvalue weighted by Gasteiger charge is -2.28. The number of carbonyl (C=O) groups is 2. The van der Waals surface area contributed by atoms with E-state index in [9.17, 15) is 14.7 Å². The Morgan fingerprint density at radius 3 is 2.54 bits per heavy atom. The van der Waals surface area contributed by atoms with Crippen molar-refractivity contribution in [3.8, 4) is 23.0 Å². The van der Waals surface area contributed by atoms with Gasteiger partial charge in [0.15, 0.2) is 29.2 Å². The number of hydrogen-bond acceptors (Lipinski definition) is 10. The number of rotatable bonds is 14. The third kappa shape index (κ3) is 8.83. The first-order valence-electron chi connectivity index (χ1n) is 14.1. The van der Waals surface area contributed by atoms with Crippen LogP contribution >= 0.6 is 27.5 Å². The number of benzene rings is 3. The molecule has 4 N–H and O–H groups in total. The quantitative estimate of drug-likeness (QED) is 0.0764. The number of halogens is 2. The molecule has 3 aromatic carbocycles. The van der Waals surface area contributed by atoms with Crippen LogP contribution < -0.4 is 35.0 Å². The minimum atomic E-state index is -1.18. The van der Waals surface area contributed by atoms with Crippen LogP contribution in [0.5, 0.6) is 23.0 Å². The molecule has 244 valence electrons. The van der Waals surface area contributed by atoms with Crippen LogP contribution in [0.25, 0.3) is 0 Å². The van der Waals surface area contributed by atoms with E-state index in [1.165, 1.54) is 20.4 Å². The van der Waals surface area contributed by atoms with Crippen molar-refractivity contribution in [3.63, 3.8) is 0 Å². The van der Waals surface area contributed by atoms with Crippen molar-refractivity contribution < 1.29 is 38.4 Å². The number of nitrogens with one attached hydrogen (secondary N) is 3. The molecule has 12 nitrogen and oxygen atoms in total. The molecule has 2 atom stereocenters. The van der Waals surface area contributed by atoms with Crippen LogP contribution in [0.15, 0.2) is 75.4 Å². The maximum atomic E-state index is 12.5. The summed E-state index contributed by atoms with van der Waals surface area (Å²) in [5.74, 6) is 0.942. The topological polar surface area (TPSA) is 149 Å². The van der Waals surface area contributed by atoms with Crippen molar-refractivity contribution in [2.75, 3.05) is 27.4 Å². The Morgan fingerprint density at radius 2 is 1.85 bits per heavy atom. The van der Waals surface area contributed by atoms with Crippen LogP contribution in [0, 0.1) is 0 Å². The molecular weight excluding hydrogens is 684 g/mol. The van der Waals surface area contributed by atoms with Crippen LogP contribution in [0.3, 0.4) is 0 Å². The maximum Gasteiger partial charge on any atom is 0.337 e. The lowest BCUT2D eigenvalue weighted by atomic mass is 9.95. The number of esters is 1. The summed E-state index contributed by atoms with van der Waals surface area (Å²) in [6.45, 7) is 3.87. The molecule has 1 heterocycles. The van der Waals surface area contributed by atoms with Gasteiger partial charge in [-0.25, -0.2) is 9.59 Å². The highest BCUT2D eigenvalue weighted by Crippen LogP contribution is 2.37. The summed E-state index contributed by atoms with van der Waals surface area (Å²) in [6, 6.07) is 14.9. The second kappa shape index (κ2) is 16.2. The first-order chi connectivity index (χ1) is 22.1. The minimum Gasteiger partial charge on any atom is -0.493 e. The number of aliphatic hydroxyl groups excluding tert-OH is 1. The van der Waals surface area contributed by atoms with Gasteiger partial charge in [-0.05, 0) is 66.9 Å². The van der Waals surface area contributed by atoms with Crippen molar-refractivity contribution in [1.29, 1.82) is 0 Å². The summed E-state index contributed by atoms with van der Waals surface area (Å²) >= 11 is 9.90. The fourth-order valence-corrected chi connectivity index (χ4v) is 5.05. The molecule has 0 aromatic heterocycles. The number of amides is 2. The van der Waals surface area contributed by atoms with Gasteiger partial charge >= 0.3 is 12.0 Å². The second-order valence-electron chi connectivity index (χ2n) is 9.86. The van der Waals surface area contributed by atoms with Crippen molar-refractivity contribution in [2.45, 2.75) is 32.7 Å². The van der Waals surface area contributed by atoms with Crippen LogP contribution in [-0.2, 0) is 16.1 Å². The largest absolute Gasteiger partial charge is 0.493 e. The molecule has 3 aromatic rings. The van der Waals surface area contributed by atoms with E-state index in [4.69, 9.17) is 35.3 Å². The zero-order valence-electron chi connectivity index (χ0n) is 25.6. The highest BCUT2D eigenvalue weighted by Gasteiger charge is 2.32. The number of carbonyl (C=O) groups excluding carboxylic acids is 2. The number of ether oxygens (including phenoxy) is 5. The molecular formula is C32H34BrClN4O8. The number of allylic oxidation sites excluding steroid dienone is 1. The Bertz CT molecular complexity index is 1620. The second-order valence-corrected chi connectivity index (χ2v) is 11.2.